The van der Waals surface area contributed by atoms with Crippen LogP contribution in [-0.2, 0) is 6.54 Å². The normalized spacial score (nSPS) is 17.2. The number of aromatic nitrogens is 1. The summed E-state index contributed by atoms with van der Waals surface area (Å²) in [6.45, 7) is 6.08. The lowest BCUT2D eigenvalue weighted by Crippen LogP contribution is -2.38. The van der Waals surface area contributed by atoms with E-state index in [1.807, 2.05) is 12.3 Å². The summed E-state index contributed by atoms with van der Waals surface area (Å²) in [5.41, 5.74) is 8.33. The van der Waals surface area contributed by atoms with E-state index in [-0.39, 0.29) is 0 Å². The molecule has 4 heteroatoms. The Morgan fingerprint density at radius 1 is 1.37 bits per heavy atom. The van der Waals surface area contributed by atoms with E-state index in [2.05, 4.69) is 35.8 Å². The van der Waals surface area contributed by atoms with E-state index in [0.29, 0.717) is 6.54 Å². The smallest absolute Gasteiger partial charge is 0.133 e. The van der Waals surface area contributed by atoms with Gasteiger partial charge in [0.25, 0.3) is 0 Å². The maximum Gasteiger partial charge on any atom is 0.133 e. The van der Waals surface area contributed by atoms with E-state index in [0.717, 1.165) is 24.8 Å². The van der Waals surface area contributed by atoms with Gasteiger partial charge in [0.05, 0.1) is 0 Å². The molecule has 0 saturated carbocycles. The number of nitrogens with zero attached hydrogens (tertiary/aromatic N) is 3. The summed E-state index contributed by atoms with van der Waals surface area (Å²) in [5, 5.41) is 0. The zero-order chi connectivity index (χ0) is 13.8. The fourth-order valence-electron chi connectivity index (χ4n) is 2.94. The standard InChI is InChI=1S/C15H26N4/c1-12-4-7-17-15(14(12)10-16)19-8-5-13(6-9-19)11-18(2)3/h4,7,13H,5-6,8-11,16H2,1-3H3. The molecule has 4 nitrogen and oxygen atoms in total. The van der Waals surface area contributed by atoms with Gasteiger partial charge in [-0.15, -0.1) is 0 Å². The third-order valence-corrected chi connectivity index (χ3v) is 4.01. The Kier molecular flexibility index (Phi) is 4.77. The van der Waals surface area contributed by atoms with Crippen LogP contribution in [0.1, 0.15) is 24.0 Å². The minimum absolute atomic E-state index is 0.576. The van der Waals surface area contributed by atoms with E-state index >= 15 is 0 Å². The first-order valence-corrected chi connectivity index (χ1v) is 7.16. The molecule has 0 unspecified atom stereocenters. The first-order valence-electron chi connectivity index (χ1n) is 7.16. The van der Waals surface area contributed by atoms with Crippen molar-refractivity contribution in [2.75, 3.05) is 38.6 Å². The number of aryl methyl sites for hydroxylation is 1. The second-order valence-electron chi connectivity index (χ2n) is 5.83. The van der Waals surface area contributed by atoms with Crippen LogP contribution in [0.25, 0.3) is 0 Å². The molecule has 1 aromatic heterocycles. The third-order valence-electron chi connectivity index (χ3n) is 4.01. The summed E-state index contributed by atoms with van der Waals surface area (Å²) in [4.78, 5) is 9.25. The molecule has 106 valence electrons. The Morgan fingerprint density at radius 2 is 2.05 bits per heavy atom. The second-order valence-corrected chi connectivity index (χ2v) is 5.83. The molecule has 0 atom stereocenters. The zero-order valence-electron chi connectivity index (χ0n) is 12.4. The van der Waals surface area contributed by atoms with Gasteiger partial charge >= 0.3 is 0 Å². The minimum atomic E-state index is 0.576. The summed E-state index contributed by atoms with van der Waals surface area (Å²) in [7, 11) is 4.31. The lowest BCUT2D eigenvalue weighted by Gasteiger charge is -2.35. The van der Waals surface area contributed by atoms with E-state index in [4.69, 9.17) is 5.73 Å². The molecule has 19 heavy (non-hydrogen) atoms. The summed E-state index contributed by atoms with van der Waals surface area (Å²) < 4.78 is 0. The van der Waals surface area contributed by atoms with Gasteiger partial charge in [0, 0.05) is 37.9 Å². The van der Waals surface area contributed by atoms with Gasteiger partial charge in [0.1, 0.15) is 5.82 Å². The number of hydrogen-bond acceptors (Lipinski definition) is 4. The molecule has 1 aromatic rings. The van der Waals surface area contributed by atoms with E-state index in [9.17, 15) is 0 Å². The highest BCUT2D eigenvalue weighted by molar-refractivity contribution is 5.50. The van der Waals surface area contributed by atoms with Crippen LogP contribution in [0.3, 0.4) is 0 Å². The monoisotopic (exact) mass is 262 g/mol. The molecule has 0 spiro atoms. The lowest BCUT2D eigenvalue weighted by molar-refractivity contribution is 0.284. The number of rotatable bonds is 4. The second kappa shape index (κ2) is 6.35. The Hall–Kier alpha value is -1.13. The maximum absolute atomic E-state index is 5.88. The van der Waals surface area contributed by atoms with E-state index in [1.54, 1.807) is 0 Å². The average Bonchev–Trinajstić information content (AvgIpc) is 2.38. The van der Waals surface area contributed by atoms with Gasteiger partial charge in [0.15, 0.2) is 0 Å². The fraction of sp³-hybridized carbons (Fsp3) is 0.667. The van der Waals surface area contributed by atoms with Crippen molar-refractivity contribution in [2.24, 2.45) is 11.7 Å². The first-order chi connectivity index (χ1) is 9.11. The zero-order valence-corrected chi connectivity index (χ0v) is 12.4. The molecule has 1 aliphatic heterocycles. The summed E-state index contributed by atoms with van der Waals surface area (Å²) >= 11 is 0. The highest BCUT2D eigenvalue weighted by Crippen LogP contribution is 2.26. The number of piperidine rings is 1. The van der Waals surface area contributed by atoms with Gasteiger partial charge in [0.2, 0.25) is 0 Å². The van der Waals surface area contributed by atoms with Crippen LogP contribution < -0.4 is 10.6 Å². The van der Waals surface area contributed by atoms with Crippen LogP contribution >= 0.6 is 0 Å². The molecule has 0 amide bonds. The van der Waals surface area contributed by atoms with Gasteiger partial charge in [-0.25, -0.2) is 4.98 Å². The summed E-state index contributed by atoms with van der Waals surface area (Å²) in [6, 6.07) is 2.05. The van der Waals surface area contributed by atoms with E-state index in [1.165, 1.54) is 30.5 Å². The molecule has 2 N–H and O–H groups in total. The largest absolute Gasteiger partial charge is 0.356 e. The summed E-state index contributed by atoms with van der Waals surface area (Å²) in [5.74, 6) is 1.92. The number of hydrogen-bond donors (Lipinski definition) is 1. The number of nitrogens with two attached hydrogens (primary N) is 1. The van der Waals surface area contributed by atoms with Crippen molar-refractivity contribution < 1.29 is 0 Å². The van der Waals surface area contributed by atoms with Crippen molar-refractivity contribution in [3.05, 3.63) is 23.4 Å². The molecular weight excluding hydrogens is 236 g/mol. The highest BCUT2D eigenvalue weighted by atomic mass is 15.2. The van der Waals surface area contributed by atoms with Crippen LogP contribution in [0, 0.1) is 12.8 Å². The van der Waals surface area contributed by atoms with Crippen molar-refractivity contribution in [3.8, 4) is 0 Å². The van der Waals surface area contributed by atoms with Crippen molar-refractivity contribution in [1.29, 1.82) is 0 Å². The van der Waals surface area contributed by atoms with Crippen LogP contribution in [0.2, 0.25) is 0 Å². The minimum Gasteiger partial charge on any atom is -0.356 e. The van der Waals surface area contributed by atoms with Crippen molar-refractivity contribution in [2.45, 2.75) is 26.3 Å². The Labute approximate surface area is 116 Å². The quantitative estimate of drug-likeness (QED) is 0.896. The van der Waals surface area contributed by atoms with E-state index < -0.39 is 0 Å². The Bertz CT molecular complexity index is 409. The molecule has 0 bridgehead atoms. The predicted octanol–water partition coefficient (Wildman–Crippen LogP) is 1.63. The number of anilines is 1. The van der Waals surface area contributed by atoms with Crippen molar-refractivity contribution in [3.63, 3.8) is 0 Å². The van der Waals surface area contributed by atoms with Gasteiger partial charge in [-0.2, -0.15) is 0 Å². The first kappa shape index (κ1) is 14.3. The third kappa shape index (κ3) is 3.45. The molecule has 1 aliphatic rings. The maximum atomic E-state index is 5.88. The van der Waals surface area contributed by atoms with Gasteiger partial charge in [-0.3, -0.25) is 0 Å². The average molecular weight is 262 g/mol. The number of pyridine rings is 1. The predicted molar refractivity (Wildman–Crippen MR) is 80.4 cm³/mol. The highest BCUT2D eigenvalue weighted by Gasteiger charge is 2.22. The SMILES string of the molecule is Cc1ccnc(N2CCC(CN(C)C)CC2)c1CN. The molecule has 2 rings (SSSR count). The van der Waals surface area contributed by atoms with Gasteiger partial charge < -0.3 is 15.5 Å². The molecule has 0 aliphatic carbocycles. The van der Waals surface area contributed by atoms with Crippen LogP contribution in [0.5, 0.6) is 0 Å². The fourth-order valence-corrected chi connectivity index (χ4v) is 2.94. The van der Waals surface area contributed by atoms with Crippen LogP contribution in [0.4, 0.5) is 5.82 Å². The van der Waals surface area contributed by atoms with Crippen LogP contribution in [-0.4, -0.2) is 43.6 Å². The Balaban J connectivity index is 2.03. The molecule has 0 radical (unpaired) electrons. The van der Waals surface area contributed by atoms with Gasteiger partial charge in [-0.05, 0) is 51.4 Å². The molecular formula is C15H26N4. The van der Waals surface area contributed by atoms with Crippen LogP contribution in [0.15, 0.2) is 12.3 Å². The Morgan fingerprint density at radius 3 is 2.63 bits per heavy atom. The van der Waals surface area contributed by atoms with Crippen molar-refractivity contribution >= 4 is 5.82 Å². The molecule has 2 heterocycles. The topological polar surface area (TPSA) is 45.4 Å². The lowest BCUT2D eigenvalue weighted by atomic mass is 9.96. The van der Waals surface area contributed by atoms with Gasteiger partial charge in [-0.1, -0.05) is 0 Å². The van der Waals surface area contributed by atoms with Crippen molar-refractivity contribution in [1.82, 2.24) is 9.88 Å². The molecule has 1 fully saturated rings. The summed E-state index contributed by atoms with van der Waals surface area (Å²) in [6.07, 6.45) is 4.39. The molecule has 0 aromatic carbocycles. The molecule has 1 saturated heterocycles.